The Morgan fingerprint density at radius 2 is 0.692 bits per heavy atom. The van der Waals surface area contributed by atoms with Crippen molar-refractivity contribution in [3.63, 3.8) is 0 Å². The third-order valence-electron chi connectivity index (χ3n) is 23.5. The Balaban J connectivity index is 0.000000128. The molecular weight excluding hydrogens is 2370 g/mol. The summed E-state index contributed by atoms with van der Waals surface area (Å²) < 4.78 is 35.3. The molecule has 10 aliphatic rings. The molecule has 1 fully saturated rings. The van der Waals surface area contributed by atoms with E-state index in [9.17, 15) is 0 Å². The van der Waals surface area contributed by atoms with Crippen LogP contribution < -0.4 is 73.7 Å². The smallest absolute Gasteiger partial charge is 0.510 e. The monoisotopic (exact) mass is 2460 g/mol. The Labute approximate surface area is 828 Å². The molecule has 0 atom stereocenters. The molecule has 0 N–H and O–H groups in total. The van der Waals surface area contributed by atoms with Gasteiger partial charge in [0.15, 0.2) is 0 Å². The normalized spacial score (nSPS) is 15.2. The molecule has 14 heterocycles. The second-order valence-electron chi connectivity index (χ2n) is 31.8. The number of pyridine rings is 4. The van der Waals surface area contributed by atoms with Gasteiger partial charge in [-0.05, 0) is 151 Å². The summed E-state index contributed by atoms with van der Waals surface area (Å²) in [6.45, 7) is 15.6. The SMILES string of the molecule is C1CCCC1.CN1C=C2c3ccccc3-c3ccc(N4[CH-]N(C)c5ccccc54)[c-]c3N2[CH-]1.CN1[CH-]N(c2[c-]c(N3[CH-]N(C)c4cccnc43)ccc2)c2ncccc21.CN1[CH-]N(c2[c-]c(N3[CH-]N(C)c4ncccc43)ccc2)c2cccnc21.Fc1c(N2C=NN(c3ccccc3)[CH-]2)[c-]c(N2C=NN(c3ccccc3)[CH-]2)c(F)c1-n1c2ccccc2c2ccccc21.[CH3-].[Os+4].[Os].[Os].[Os]. The van der Waals surface area contributed by atoms with Crippen LogP contribution in [0.3, 0.4) is 0 Å². The third kappa shape index (κ3) is 17.7. The molecule has 5 aromatic heterocycles. The molecule has 15 aromatic rings. The van der Waals surface area contributed by atoms with Gasteiger partial charge in [0.05, 0.1) is 46.7 Å². The van der Waals surface area contributed by atoms with Crippen LogP contribution in [0.2, 0.25) is 0 Å². The molecule has 0 spiro atoms. The number of rotatable bonds is 10. The Bertz CT molecular complexity index is 6330. The number of anilines is 20. The molecular formula is C104H88F2N23Os4-9. The minimum atomic E-state index is -0.776. The van der Waals surface area contributed by atoms with E-state index in [0.29, 0.717) is 11.0 Å². The zero-order valence-electron chi connectivity index (χ0n) is 73.4. The maximum absolute atomic E-state index is 16.8. The predicted molar refractivity (Wildman–Crippen MR) is 519 cm³/mol. The average Bonchev–Trinajstić information content (AvgIpc) is 1.59. The molecule has 10 aromatic carbocycles. The molecule has 0 bridgehead atoms. The standard InChI is InChI=1S/C34H22F2N7.C24H19N4.2C20H17N6.C5H10.CH3.4Os/c35-32-30(39-20-37-41(22-39)24-11-3-1-4-12-24)19-31(40-21-38-42(23-40)25-13-5-2-6-14-25)33(36)34(32)43-28-17-9-7-15-26(28)27-16-8-10-18-29(27)43;1-25-14-24-19-8-4-3-7-18(19)20-12-11-17(13-23(20)28(24)15-25)27-16-26(2)21-9-5-6-10-22(21)27;1-23-13-25(17-8-4-10-21-19(17)23)15-6-3-7-16(12-15)26-14-24(2)20-18(26)9-5-11-22-20;1-23-13-25(19-17(23)8-4-10-21-19)15-6-3-7-16(12-15)26-14-24(2)18-9-5-11-22-20(18)26;1-2-4-5-3-1;;;;;/h1-18,20-23H;3-12,14-16H,1-2H3;2*3-11,13-14H,1-2H3;1-5H2;1H3;;;;/q4*-3;;-1;;;;+4. The summed E-state index contributed by atoms with van der Waals surface area (Å²) in [6.07, 6.45) is 19.9. The molecule has 0 radical (unpaired) electrons. The van der Waals surface area contributed by atoms with Gasteiger partial charge in [-0.25, -0.2) is 19.9 Å². The van der Waals surface area contributed by atoms with E-state index in [1.54, 1.807) is 27.9 Å². The van der Waals surface area contributed by atoms with Crippen LogP contribution in [0.15, 0.2) is 296 Å². The maximum Gasteiger partial charge on any atom is 4.00 e. The molecule has 674 valence electrons. The molecule has 0 amide bonds. The van der Waals surface area contributed by atoms with E-state index in [2.05, 4.69) is 234 Å². The van der Waals surface area contributed by atoms with Crippen molar-refractivity contribution in [2.24, 2.45) is 10.2 Å². The quantitative estimate of drug-likeness (QED) is 0.120. The first-order valence-electron chi connectivity index (χ1n) is 42.3. The van der Waals surface area contributed by atoms with Crippen LogP contribution in [0.1, 0.15) is 37.7 Å². The van der Waals surface area contributed by atoms with E-state index in [1.807, 2.05) is 247 Å². The molecule has 133 heavy (non-hydrogen) atoms. The van der Waals surface area contributed by atoms with Crippen molar-refractivity contribution in [1.29, 1.82) is 0 Å². The first-order chi connectivity index (χ1) is 62.8. The summed E-state index contributed by atoms with van der Waals surface area (Å²) in [5, 5.41) is 13.9. The number of para-hydroxylation sites is 6. The van der Waals surface area contributed by atoms with Crippen molar-refractivity contribution in [2.75, 3.05) is 116 Å². The fourth-order valence-corrected chi connectivity index (χ4v) is 17.4. The van der Waals surface area contributed by atoms with E-state index in [-0.39, 0.29) is 104 Å². The van der Waals surface area contributed by atoms with Crippen molar-refractivity contribution in [1.82, 2.24) is 29.4 Å². The van der Waals surface area contributed by atoms with Crippen molar-refractivity contribution >= 4 is 154 Å². The van der Waals surface area contributed by atoms with Crippen LogP contribution in [-0.4, -0.2) is 84.4 Å². The minimum Gasteiger partial charge on any atom is -0.510 e. The second-order valence-corrected chi connectivity index (χ2v) is 31.8. The Morgan fingerprint density at radius 1 is 0.308 bits per heavy atom. The largest absolute Gasteiger partial charge is 4.00 e. The molecule has 0 unspecified atom stereocenters. The molecule has 0 saturated heterocycles. The second kappa shape index (κ2) is 40.1. The number of nitrogens with zero attached hydrogens (tertiary/aromatic N) is 23. The van der Waals surface area contributed by atoms with Crippen LogP contribution in [0.4, 0.5) is 123 Å². The number of hydrazone groups is 2. The van der Waals surface area contributed by atoms with Crippen LogP contribution in [0, 0.1) is 96.7 Å². The van der Waals surface area contributed by atoms with Crippen molar-refractivity contribution in [3.05, 3.63) is 388 Å². The topological polar surface area (TPSA) is 133 Å². The first kappa shape index (κ1) is 93.1. The average molecular weight is 2460 g/mol. The van der Waals surface area contributed by atoms with Gasteiger partial charge in [-0.15, -0.1) is 102 Å². The van der Waals surface area contributed by atoms with Gasteiger partial charge in [-0.3, -0.25) is 8.78 Å². The van der Waals surface area contributed by atoms with Gasteiger partial charge < -0.3 is 90.6 Å². The molecule has 23 nitrogen and oxygen atoms in total. The van der Waals surface area contributed by atoms with Gasteiger partial charge in [0.1, 0.15) is 23.3 Å². The zero-order valence-corrected chi connectivity index (χ0v) is 83.6. The molecule has 1 aliphatic carbocycles. The molecule has 9 aliphatic heterocycles. The zero-order chi connectivity index (χ0) is 86.6. The molecule has 1 saturated carbocycles. The van der Waals surface area contributed by atoms with Crippen molar-refractivity contribution in [2.45, 2.75) is 32.1 Å². The number of benzene rings is 10. The summed E-state index contributed by atoms with van der Waals surface area (Å²) in [6, 6.07) is 97.7. The third-order valence-corrected chi connectivity index (χ3v) is 23.5. The fourth-order valence-electron chi connectivity index (χ4n) is 17.4. The first-order valence-corrected chi connectivity index (χ1v) is 42.3. The van der Waals surface area contributed by atoms with Gasteiger partial charge in [0.25, 0.3) is 0 Å². The minimum absolute atomic E-state index is 0. The maximum atomic E-state index is 16.8. The number of halogens is 2. The van der Waals surface area contributed by atoms with Gasteiger partial charge in [-0.2, -0.15) is 68.4 Å². The summed E-state index contributed by atoms with van der Waals surface area (Å²) in [5.41, 5.74) is 20.2. The summed E-state index contributed by atoms with van der Waals surface area (Å²) >= 11 is 0. The molecule has 29 heteroatoms. The Morgan fingerprint density at radius 3 is 1.19 bits per heavy atom. The van der Waals surface area contributed by atoms with E-state index in [0.717, 1.165) is 102 Å². The van der Waals surface area contributed by atoms with E-state index in [1.165, 1.54) is 88.3 Å². The molecule has 25 rings (SSSR count). The van der Waals surface area contributed by atoms with Gasteiger partial charge in [-0.1, -0.05) is 164 Å². The van der Waals surface area contributed by atoms with E-state index in [4.69, 9.17) is 0 Å². The van der Waals surface area contributed by atoms with Gasteiger partial charge in [0, 0.05) is 140 Å². The van der Waals surface area contributed by atoms with Crippen molar-refractivity contribution in [3.8, 4) is 16.8 Å². The fraction of sp³-hybridized carbons (Fsp3) is 0.106. The van der Waals surface area contributed by atoms with Crippen LogP contribution in [0.25, 0.3) is 44.3 Å². The summed E-state index contributed by atoms with van der Waals surface area (Å²) in [5.74, 6) is 2.14. The summed E-state index contributed by atoms with van der Waals surface area (Å²) in [4.78, 5) is 46.2. The van der Waals surface area contributed by atoms with Crippen molar-refractivity contribution < 1.29 is 87.9 Å². The summed E-state index contributed by atoms with van der Waals surface area (Å²) in [7, 11) is 12.2. The predicted octanol–water partition coefficient (Wildman–Crippen LogP) is 22.5. The van der Waals surface area contributed by atoms with Crippen LogP contribution in [-0.2, 0) is 79.2 Å². The van der Waals surface area contributed by atoms with E-state index < -0.39 is 11.6 Å². The van der Waals surface area contributed by atoms with Crippen LogP contribution >= 0.6 is 0 Å². The van der Waals surface area contributed by atoms with Gasteiger partial charge >= 0.3 is 19.8 Å². The number of fused-ring (bicyclic) bond motifs is 14. The van der Waals surface area contributed by atoms with Gasteiger partial charge in [0.2, 0.25) is 0 Å². The Hall–Kier alpha value is -13.1. The van der Waals surface area contributed by atoms with Crippen LogP contribution in [0.5, 0.6) is 0 Å². The Kier molecular flexibility index (Phi) is 28.1. The number of hydrogen-bond donors (Lipinski definition) is 0. The number of hydrogen-bond acceptors (Lipinski definition) is 22. The van der Waals surface area contributed by atoms with E-state index >= 15 is 8.78 Å². The number of aromatic nitrogens is 5.